The first-order chi connectivity index (χ1) is 9.74. The lowest BCUT2D eigenvalue weighted by Gasteiger charge is -2.29. The maximum absolute atomic E-state index is 3.77. The molecule has 2 atom stereocenters. The summed E-state index contributed by atoms with van der Waals surface area (Å²) in [6.07, 6.45) is 0. The first kappa shape index (κ1) is 14.2. The minimum Gasteiger partial charge on any atom is -0.303 e. The summed E-state index contributed by atoms with van der Waals surface area (Å²) < 4.78 is 1.13. The van der Waals surface area contributed by atoms with Crippen LogP contribution >= 0.6 is 27.7 Å². The van der Waals surface area contributed by atoms with E-state index >= 15 is 0 Å². The van der Waals surface area contributed by atoms with E-state index in [0.717, 1.165) is 16.0 Å². The Kier molecular flexibility index (Phi) is 4.49. The van der Waals surface area contributed by atoms with Gasteiger partial charge in [-0.1, -0.05) is 52.3 Å². The molecule has 104 valence electrons. The molecule has 2 aromatic carbocycles. The molecule has 1 unspecified atom stereocenters. The summed E-state index contributed by atoms with van der Waals surface area (Å²) in [5.41, 5.74) is 4.28. The van der Waals surface area contributed by atoms with Gasteiger partial charge in [-0.2, -0.15) is 11.8 Å². The van der Waals surface area contributed by atoms with Crippen molar-refractivity contribution in [3.8, 4) is 0 Å². The second-order valence-electron chi connectivity index (χ2n) is 5.21. The smallest absolute Gasteiger partial charge is 0.0419 e. The van der Waals surface area contributed by atoms with Crippen LogP contribution in [0.25, 0.3) is 0 Å². The van der Waals surface area contributed by atoms with Crippen LogP contribution in [0.2, 0.25) is 0 Å². The fourth-order valence-electron chi connectivity index (χ4n) is 2.67. The molecule has 20 heavy (non-hydrogen) atoms. The van der Waals surface area contributed by atoms with Crippen LogP contribution in [0.15, 0.2) is 53.0 Å². The molecule has 0 spiro atoms. The van der Waals surface area contributed by atoms with Gasteiger partial charge in [-0.25, -0.2) is 0 Å². The van der Waals surface area contributed by atoms with E-state index in [9.17, 15) is 0 Å². The molecule has 3 heteroatoms. The second kappa shape index (κ2) is 6.33. The summed E-state index contributed by atoms with van der Waals surface area (Å²) >= 11 is 5.51. The van der Waals surface area contributed by atoms with Gasteiger partial charge in [-0.15, -0.1) is 0 Å². The quantitative estimate of drug-likeness (QED) is 0.829. The fraction of sp³-hybridized carbons (Fsp3) is 0.294. The van der Waals surface area contributed by atoms with Crippen molar-refractivity contribution in [2.45, 2.75) is 24.8 Å². The van der Waals surface area contributed by atoms with Gasteiger partial charge in [0.1, 0.15) is 0 Å². The lowest BCUT2D eigenvalue weighted by molar-refractivity contribution is 0.495. The van der Waals surface area contributed by atoms with Gasteiger partial charge in [-0.05, 0) is 35.7 Å². The van der Waals surface area contributed by atoms with Crippen molar-refractivity contribution in [1.82, 2.24) is 5.32 Å². The highest BCUT2D eigenvalue weighted by molar-refractivity contribution is 9.10. The molecular weight excluding hydrogens is 330 g/mol. The van der Waals surface area contributed by atoms with E-state index in [1.807, 2.05) is 11.8 Å². The zero-order valence-corrected chi connectivity index (χ0v) is 13.9. The third kappa shape index (κ3) is 3.11. The van der Waals surface area contributed by atoms with Crippen LogP contribution in [0.1, 0.15) is 35.7 Å². The van der Waals surface area contributed by atoms with Crippen LogP contribution < -0.4 is 5.32 Å². The minimum absolute atomic E-state index is 0.361. The summed E-state index contributed by atoms with van der Waals surface area (Å²) in [5, 5.41) is 3.77. The molecule has 1 nitrogen and oxygen atoms in total. The SMILES string of the molecule is C[C@H](NC1CSCc2ccccc21)c1ccc(Br)cc1. The lowest BCUT2D eigenvalue weighted by atomic mass is 10.00. The summed E-state index contributed by atoms with van der Waals surface area (Å²) in [6, 6.07) is 18.2. The van der Waals surface area contributed by atoms with E-state index in [4.69, 9.17) is 0 Å². The minimum atomic E-state index is 0.361. The average Bonchev–Trinajstić information content (AvgIpc) is 2.48. The van der Waals surface area contributed by atoms with Gasteiger partial charge >= 0.3 is 0 Å². The standard InChI is InChI=1S/C17H18BrNS/c1-12(13-6-8-15(18)9-7-13)19-17-11-20-10-14-4-2-3-5-16(14)17/h2-9,12,17,19H,10-11H2,1H3/t12-,17?/m0/s1. The highest BCUT2D eigenvalue weighted by atomic mass is 79.9. The average molecular weight is 348 g/mol. The Labute approximate surface area is 133 Å². The van der Waals surface area contributed by atoms with Crippen LogP contribution in [0, 0.1) is 0 Å². The third-order valence-corrected chi connectivity index (χ3v) is 5.41. The fourth-order valence-corrected chi connectivity index (χ4v) is 4.05. The zero-order chi connectivity index (χ0) is 13.9. The number of nitrogens with one attached hydrogen (secondary N) is 1. The van der Waals surface area contributed by atoms with Crippen molar-refractivity contribution in [3.05, 3.63) is 69.7 Å². The maximum atomic E-state index is 3.77. The van der Waals surface area contributed by atoms with Crippen molar-refractivity contribution >= 4 is 27.7 Å². The number of halogens is 1. The molecule has 1 aliphatic heterocycles. The number of fused-ring (bicyclic) bond motifs is 1. The normalized spacial score (nSPS) is 19.4. The van der Waals surface area contributed by atoms with Gasteiger partial charge in [0, 0.05) is 28.1 Å². The molecule has 0 radical (unpaired) electrons. The van der Waals surface area contributed by atoms with Gasteiger partial charge in [0.05, 0.1) is 0 Å². The molecule has 0 aliphatic carbocycles. The summed E-state index contributed by atoms with van der Waals surface area (Å²) in [5.74, 6) is 2.29. The molecule has 0 fully saturated rings. The predicted molar refractivity (Wildman–Crippen MR) is 91.0 cm³/mol. The van der Waals surface area contributed by atoms with E-state index in [-0.39, 0.29) is 0 Å². The monoisotopic (exact) mass is 347 g/mol. The molecule has 3 rings (SSSR count). The van der Waals surface area contributed by atoms with Gasteiger partial charge in [-0.3, -0.25) is 0 Å². The van der Waals surface area contributed by atoms with Crippen LogP contribution in [-0.4, -0.2) is 5.75 Å². The van der Waals surface area contributed by atoms with Crippen LogP contribution in [0.5, 0.6) is 0 Å². The Morgan fingerprint density at radius 1 is 1.15 bits per heavy atom. The predicted octanol–water partition coefficient (Wildman–Crippen LogP) is 5.09. The van der Waals surface area contributed by atoms with E-state index < -0.39 is 0 Å². The van der Waals surface area contributed by atoms with Gasteiger partial charge in [0.15, 0.2) is 0 Å². The number of hydrogen-bond donors (Lipinski definition) is 1. The molecule has 1 aliphatic rings. The first-order valence-corrected chi connectivity index (χ1v) is 8.86. The Morgan fingerprint density at radius 3 is 2.70 bits per heavy atom. The summed E-state index contributed by atoms with van der Waals surface area (Å²) in [7, 11) is 0. The molecule has 1 N–H and O–H groups in total. The Morgan fingerprint density at radius 2 is 1.90 bits per heavy atom. The molecule has 0 bridgehead atoms. The topological polar surface area (TPSA) is 12.0 Å². The highest BCUT2D eigenvalue weighted by Gasteiger charge is 2.21. The Bertz CT molecular complexity index is 582. The third-order valence-electron chi connectivity index (χ3n) is 3.79. The van der Waals surface area contributed by atoms with Crippen LogP contribution in [-0.2, 0) is 5.75 Å². The van der Waals surface area contributed by atoms with Crippen LogP contribution in [0.4, 0.5) is 0 Å². The second-order valence-corrected chi connectivity index (χ2v) is 7.15. The Balaban J connectivity index is 1.77. The summed E-state index contributed by atoms with van der Waals surface area (Å²) in [4.78, 5) is 0. The molecule has 0 amide bonds. The Hall–Kier alpha value is -0.770. The van der Waals surface area contributed by atoms with Crippen LogP contribution in [0.3, 0.4) is 0 Å². The zero-order valence-electron chi connectivity index (χ0n) is 11.5. The highest BCUT2D eigenvalue weighted by Crippen LogP contribution is 2.33. The first-order valence-electron chi connectivity index (χ1n) is 6.91. The number of thioether (sulfide) groups is 1. The molecule has 2 aromatic rings. The van der Waals surface area contributed by atoms with Crippen molar-refractivity contribution in [3.63, 3.8) is 0 Å². The number of rotatable bonds is 3. The molecule has 0 aromatic heterocycles. The maximum Gasteiger partial charge on any atom is 0.0419 e. The van der Waals surface area contributed by atoms with Crippen molar-refractivity contribution < 1.29 is 0 Å². The van der Waals surface area contributed by atoms with E-state index in [1.165, 1.54) is 16.7 Å². The van der Waals surface area contributed by atoms with Gasteiger partial charge in [0.2, 0.25) is 0 Å². The van der Waals surface area contributed by atoms with Crippen molar-refractivity contribution in [2.75, 3.05) is 5.75 Å². The van der Waals surface area contributed by atoms with E-state index in [2.05, 4.69) is 76.7 Å². The lowest BCUT2D eigenvalue weighted by Crippen LogP contribution is -2.29. The number of hydrogen-bond acceptors (Lipinski definition) is 2. The summed E-state index contributed by atoms with van der Waals surface area (Å²) in [6.45, 7) is 2.24. The van der Waals surface area contributed by atoms with Gasteiger partial charge in [0.25, 0.3) is 0 Å². The van der Waals surface area contributed by atoms with E-state index in [0.29, 0.717) is 12.1 Å². The molecule has 0 saturated carbocycles. The largest absolute Gasteiger partial charge is 0.303 e. The van der Waals surface area contributed by atoms with E-state index in [1.54, 1.807) is 0 Å². The molecule has 0 saturated heterocycles. The van der Waals surface area contributed by atoms with Gasteiger partial charge < -0.3 is 5.32 Å². The molecule has 1 heterocycles. The number of benzene rings is 2. The van der Waals surface area contributed by atoms with Crippen molar-refractivity contribution in [2.24, 2.45) is 0 Å². The molecular formula is C17H18BrNS. The van der Waals surface area contributed by atoms with Crippen molar-refractivity contribution in [1.29, 1.82) is 0 Å².